The van der Waals surface area contributed by atoms with Gasteiger partial charge in [0.05, 0.1) is 12.6 Å². The van der Waals surface area contributed by atoms with Gasteiger partial charge in [0.2, 0.25) is 5.91 Å². The molecule has 4 heteroatoms. The predicted molar refractivity (Wildman–Crippen MR) is 76.5 cm³/mol. The molecule has 0 bridgehead atoms. The molecule has 1 amide bonds. The van der Waals surface area contributed by atoms with Gasteiger partial charge in [-0.25, -0.2) is 0 Å². The Morgan fingerprint density at radius 3 is 2.53 bits per heavy atom. The molecule has 1 N–H and O–H groups in total. The minimum atomic E-state index is -0.0610. The normalized spacial score (nSPS) is 17.2. The Hall–Kier alpha value is -1.55. The molecule has 1 aliphatic heterocycles. The number of carbonyl (C=O) groups is 1. The van der Waals surface area contributed by atoms with Crippen molar-refractivity contribution in [1.29, 1.82) is 0 Å². The molecule has 1 atom stereocenters. The molecular weight excluding hydrogens is 240 g/mol. The maximum absolute atomic E-state index is 12.1. The average Bonchev–Trinajstić information content (AvgIpc) is 2.94. The molecule has 0 aliphatic carbocycles. The van der Waals surface area contributed by atoms with Gasteiger partial charge in [0.25, 0.3) is 0 Å². The second kappa shape index (κ2) is 6.57. The zero-order chi connectivity index (χ0) is 13.7. The number of hydrogen-bond acceptors (Lipinski definition) is 3. The minimum absolute atomic E-state index is 0.0610. The van der Waals surface area contributed by atoms with Crippen LogP contribution in [0, 0.1) is 0 Å². The number of anilines is 1. The number of ether oxygens (including phenoxy) is 1. The Morgan fingerprint density at radius 2 is 1.95 bits per heavy atom. The van der Waals surface area contributed by atoms with Gasteiger partial charge in [-0.3, -0.25) is 9.69 Å². The molecule has 1 heterocycles. The highest BCUT2D eigenvalue weighted by Gasteiger charge is 2.23. The van der Waals surface area contributed by atoms with E-state index in [-0.39, 0.29) is 11.9 Å². The number of carbonyl (C=O) groups excluding carboxylic acids is 1. The minimum Gasteiger partial charge on any atom is -0.494 e. The molecule has 1 aromatic rings. The summed E-state index contributed by atoms with van der Waals surface area (Å²) in [6.07, 6.45) is 2.39. The van der Waals surface area contributed by atoms with Crippen LogP contribution < -0.4 is 10.1 Å². The molecule has 0 saturated carbocycles. The summed E-state index contributed by atoms with van der Waals surface area (Å²) in [5.41, 5.74) is 0.819. The van der Waals surface area contributed by atoms with E-state index in [1.807, 2.05) is 38.1 Å². The Labute approximate surface area is 114 Å². The van der Waals surface area contributed by atoms with Gasteiger partial charge < -0.3 is 10.1 Å². The van der Waals surface area contributed by atoms with E-state index >= 15 is 0 Å². The zero-order valence-electron chi connectivity index (χ0n) is 11.7. The summed E-state index contributed by atoms with van der Waals surface area (Å²) in [5.74, 6) is 0.888. The Kier molecular flexibility index (Phi) is 4.80. The standard InChI is InChI=1S/C15H22N2O2/c1-3-19-14-8-6-13(7-9-14)16-15(18)12(2)17-10-4-5-11-17/h6-9,12H,3-5,10-11H2,1-2H3,(H,16,18)/t12-/m0/s1. The van der Waals surface area contributed by atoms with Gasteiger partial charge in [-0.1, -0.05) is 0 Å². The Bertz CT molecular complexity index is 411. The van der Waals surface area contributed by atoms with E-state index in [1.54, 1.807) is 0 Å². The molecule has 0 spiro atoms. The van der Waals surface area contributed by atoms with Crippen molar-refractivity contribution in [2.24, 2.45) is 0 Å². The van der Waals surface area contributed by atoms with E-state index in [9.17, 15) is 4.79 Å². The van der Waals surface area contributed by atoms with Crippen LogP contribution in [-0.4, -0.2) is 36.5 Å². The largest absolute Gasteiger partial charge is 0.494 e. The van der Waals surface area contributed by atoms with Crippen LogP contribution in [-0.2, 0) is 4.79 Å². The lowest BCUT2D eigenvalue weighted by Crippen LogP contribution is -2.40. The van der Waals surface area contributed by atoms with Crippen molar-refractivity contribution in [1.82, 2.24) is 4.90 Å². The first-order chi connectivity index (χ1) is 9.20. The lowest BCUT2D eigenvalue weighted by Gasteiger charge is -2.22. The number of likely N-dealkylation sites (tertiary alicyclic amines) is 1. The van der Waals surface area contributed by atoms with Crippen LogP contribution in [0.4, 0.5) is 5.69 Å². The van der Waals surface area contributed by atoms with Gasteiger partial charge in [0.1, 0.15) is 5.75 Å². The summed E-state index contributed by atoms with van der Waals surface area (Å²) in [6.45, 7) is 6.62. The number of hydrogen-bond donors (Lipinski definition) is 1. The van der Waals surface area contributed by atoms with Gasteiger partial charge in [-0.05, 0) is 64.0 Å². The topological polar surface area (TPSA) is 41.6 Å². The van der Waals surface area contributed by atoms with E-state index in [0.29, 0.717) is 6.61 Å². The van der Waals surface area contributed by atoms with E-state index in [2.05, 4.69) is 10.2 Å². The van der Waals surface area contributed by atoms with Crippen LogP contribution >= 0.6 is 0 Å². The summed E-state index contributed by atoms with van der Waals surface area (Å²) in [5, 5.41) is 2.95. The summed E-state index contributed by atoms with van der Waals surface area (Å²) in [7, 11) is 0. The molecule has 1 aromatic carbocycles. The summed E-state index contributed by atoms with van der Waals surface area (Å²) in [4.78, 5) is 14.4. The third-order valence-corrected chi connectivity index (χ3v) is 3.50. The van der Waals surface area contributed by atoms with Crippen molar-refractivity contribution in [3.63, 3.8) is 0 Å². The fraction of sp³-hybridized carbons (Fsp3) is 0.533. The van der Waals surface area contributed by atoms with Crippen molar-refractivity contribution in [2.75, 3.05) is 25.0 Å². The maximum atomic E-state index is 12.1. The first-order valence-corrected chi connectivity index (χ1v) is 6.98. The number of nitrogens with one attached hydrogen (secondary N) is 1. The van der Waals surface area contributed by atoms with Crippen LogP contribution in [0.2, 0.25) is 0 Å². The van der Waals surface area contributed by atoms with E-state index in [4.69, 9.17) is 4.74 Å². The molecule has 1 fully saturated rings. The van der Waals surface area contributed by atoms with Crippen LogP contribution in [0.3, 0.4) is 0 Å². The van der Waals surface area contributed by atoms with E-state index < -0.39 is 0 Å². The van der Waals surface area contributed by atoms with Crippen molar-refractivity contribution in [3.05, 3.63) is 24.3 Å². The molecular formula is C15H22N2O2. The second-order valence-electron chi connectivity index (χ2n) is 4.87. The maximum Gasteiger partial charge on any atom is 0.241 e. The smallest absolute Gasteiger partial charge is 0.241 e. The lowest BCUT2D eigenvalue weighted by atomic mass is 10.2. The zero-order valence-corrected chi connectivity index (χ0v) is 11.7. The molecule has 4 nitrogen and oxygen atoms in total. The fourth-order valence-electron chi connectivity index (χ4n) is 2.34. The van der Waals surface area contributed by atoms with Crippen molar-refractivity contribution in [3.8, 4) is 5.75 Å². The summed E-state index contributed by atoms with van der Waals surface area (Å²) in [6, 6.07) is 7.44. The Morgan fingerprint density at radius 1 is 1.32 bits per heavy atom. The van der Waals surface area contributed by atoms with E-state index in [1.165, 1.54) is 12.8 Å². The van der Waals surface area contributed by atoms with Crippen LogP contribution in [0.15, 0.2) is 24.3 Å². The summed E-state index contributed by atoms with van der Waals surface area (Å²) < 4.78 is 5.37. The van der Waals surface area contributed by atoms with Crippen molar-refractivity contribution < 1.29 is 9.53 Å². The molecule has 0 aromatic heterocycles. The molecule has 19 heavy (non-hydrogen) atoms. The number of nitrogens with zero attached hydrogens (tertiary/aromatic N) is 1. The predicted octanol–water partition coefficient (Wildman–Crippen LogP) is 2.51. The molecule has 0 radical (unpaired) electrons. The second-order valence-corrected chi connectivity index (χ2v) is 4.87. The average molecular weight is 262 g/mol. The molecule has 104 valence electrons. The third kappa shape index (κ3) is 3.70. The van der Waals surface area contributed by atoms with Gasteiger partial charge in [0, 0.05) is 5.69 Å². The SMILES string of the molecule is CCOc1ccc(NC(=O)[C@H](C)N2CCCC2)cc1. The fourth-order valence-corrected chi connectivity index (χ4v) is 2.34. The van der Waals surface area contributed by atoms with Gasteiger partial charge in [-0.2, -0.15) is 0 Å². The molecule has 2 rings (SSSR count). The van der Waals surface area contributed by atoms with Crippen molar-refractivity contribution >= 4 is 11.6 Å². The highest BCUT2D eigenvalue weighted by molar-refractivity contribution is 5.94. The molecule has 1 aliphatic rings. The Balaban J connectivity index is 1.90. The summed E-state index contributed by atoms with van der Waals surface area (Å²) >= 11 is 0. The highest BCUT2D eigenvalue weighted by atomic mass is 16.5. The first-order valence-electron chi connectivity index (χ1n) is 6.98. The third-order valence-electron chi connectivity index (χ3n) is 3.50. The monoisotopic (exact) mass is 262 g/mol. The lowest BCUT2D eigenvalue weighted by molar-refractivity contribution is -0.120. The number of benzene rings is 1. The van der Waals surface area contributed by atoms with Gasteiger partial charge >= 0.3 is 0 Å². The van der Waals surface area contributed by atoms with E-state index in [0.717, 1.165) is 24.5 Å². The first kappa shape index (κ1) is 13.9. The van der Waals surface area contributed by atoms with Crippen LogP contribution in [0.25, 0.3) is 0 Å². The number of rotatable bonds is 5. The quantitative estimate of drug-likeness (QED) is 0.886. The van der Waals surface area contributed by atoms with Gasteiger partial charge in [-0.15, -0.1) is 0 Å². The van der Waals surface area contributed by atoms with Crippen molar-refractivity contribution in [2.45, 2.75) is 32.7 Å². The van der Waals surface area contributed by atoms with Crippen LogP contribution in [0.1, 0.15) is 26.7 Å². The van der Waals surface area contributed by atoms with Gasteiger partial charge in [0.15, 0.2) is 0 Å². The highest BCUT2D eigenvalue weighted by Crippen LogP contribution is 2.17. The molecule has 1 saturated heterocycles. The van der Waals surface area contributed by atoms with Crippen LogP contribution in [0.5, 0.6) is 5.75 Å². The number of amides is 1. The molecule has 0 unspecified atom stereocenters.